The monoisotopic (exact) mass is 228 g/mol. The third kappa shape index (κ3) is 5.47. The van der Waals surface area contributed by atoms with Gasteiger partial charge in [-0.1, -0.05) is 13.3 Å². The fraction of sp³-hybridized carbons (Fsp3) is 0.917. The quantitative estimate of drug-likeness (QED) is 0.713. The van der Waals surface area contributed by atoms with E-state index in [-0.39, 0.29) is 12.1 Å². The molecule has 1 N–H and O–H groups in total. The summed E-state index contributed by atoms with van der Waals surface area (Å²) in [6.45, 7) is 8.46. The smallest absolute Gasteiger partial charge is 0.320 e. The van der Waals surface area contributed by atoms with Crippen LogP contribution in [-0.2, 0) is 9.53 Å². The van der Waals surface area contributed by atoms with Crippen molar-refractivity contribution >= 4 is 5.97 Å². The van der Waals surface area contributed by atoms with Crippen molar-refractivity contribution in [3.8, 4) is 0 Å². The van der Waals surface area contributed by atoms with Crippen molar-refractivity contribution in [2.45, 2.75) is 39.2 Å². The predicted octanol–water partition coefficient (Wildman–Crippen LogP) is 1.01. The van der Waals surface area contributed by atoms with E-state index in [1.807, 2.05) is 6.92 Å². The number of hydrogen-bond donors (Lipinski definition) is 1. The van der Waals surface area contributed by atoms with E-state index in [1.165, 1.54) is 0 Å². The average molecular weight is 228 g/mol. The minimum absolute atomic E-state index is 0.0580. The zero-order chi connectivity index (χ0) is 11.8. The van der Waals surface area contributed by atoms with Crippen molar-refractivity contribution in [3.63, 3.8) is 0 Å². The highest BCUT2D eigenvalue weighted by Crippen LogP contribution is 2.02. The molecule has 0 bridgehead atoms. The molecule has 1 fully saturated rings. The zero-order valence-electron chi connectivity index (χ0n) is 10.5. The Morgan fingerprint density at radius 3 is 3.00 bits per heavy atom. The van der Waals surface area contributed by atoms with E-state index in [1.54, 1.807) is 0 Å². The first kappa shape index (κ1) is 13.5. The maximum absolute atomic E-state index is 11.6. The minimum Gasteiger partial charge on any atom is -0.462 e. The summed E-state index contributed by atoms with van der Waals surface area (Å²) >= 11 is 0. The maximum atomic E-state index is 11.6. The Kier molecular flexibility index (Phi) is 6.42. The van der Waals surface area contributed by atoms with Gasteiger partial charge in [-0.05, 0) is 32.9 Å². The SMILES string of the molecule is CCCC(C)OC(=O)CN1CCCNCC1. The Hall–Kier alpha value is -0.610. The molecule has 1 heterocycles. The Labute approximate surface area is 98.3 Å². The number of nitrogens with zero attached hydrogens (tertiary/aromatic N) is 1. The molecule has 94 valence electrons. The summed E-state index contributed by atoms with van der Waals surface area (Å²) in [4.78, 5) is 13.8. The van der Waals surface area contributed by atoms with Crippen molar-refractivity contribution < 1.29 is 9.53 Å². The molecule has 4 heteroatoms. The summed E-state index contributed by atoms with van der Waals surface area (Å²) < 4.78 is 5.33. The van der Waals surface area contributed by atoms with E-state index in [0.29, 0.717) is 6.54 Å². The van der Waals surface area contributed by atoms with Crippen LogP contribution in [0.25, 0.3) is 0 Å². The Morgan fingerprint density at radius 1 is 1.44 bits per heavy atom. The predicted molar refractivity (Wildman–Crippen MR) is 64.4 cm³/mol. The molecule has 1 saturated heterocycles. The molecule has 4 nitrogen and oxygen atoms in total. The lowest BCUT2D eigenvalue weighted by molar-refractivity contribution is -0.149. The molecule has 0 saturated carbocycles. The first-order valence-corrected chi connectivity index (χ1v) is 6.35. The molecule has 1 aliphatic heterocycles. The highest BCUT2D eigenvalue weighted by atomic mass is 16.5. The molecule has 0 radical (unpaired) electrons. The van der Waals surface area contributed by atoms with Crippen LogP contribution >= 0.6 is 0 Å². The van der Waals surface area contributed by atoms with Crippen LogP contribution in [0.4, 0.5) is 0 Å². The summed E-state index contributed by atoms with van der Waals surface area (Å²) in [6.07, 6.45) is 3.18. The molecule has 1 aliphatic rings. The first-order valence-electron chi connectivity index (χ1n) is 6.35. The second kappa shape index (κ2) is 7.63. The van der Waals surface area contributed by atoms with Gasteiger partial charge in [-0.25, -0.2) is 0 Å². The lowest BCUT2D eigenvalue weighted by atomic mass is 10.2. The lowest BCUT2D eigenvalue weighted by Gasteiger charge is -2.20. The maximum Gasteiger partial charge on any atom is 0.320 e. The van der Waals surface area contributed by atoms with E-state index in [4.69, 9.17) is 4.74 Å². The molecular formula is C12H24N2O2. The van der Waals surface area contributed by atoms with Gasteiger partial charge >= 0.3 is 5.97 Å². The van der Waals surface area contributed by atoms with E-state index in [2.05, 4.69) is 17.1 Å². The number of carbonyl (C=O) groups is 1. The molecule has 0 aromatic heterocycles. The molecule has 0 amide bonds. The van der Waals surface area contributed by atoms with Gasteiger partial charge in [-0.2, -0.15) is 0 Å². The highest BCUT2D eigenvalue weighted by Gasteiger charge is 2.15. The normalized spacial score (nSPS) is 20.1. The molecular weight excluding hydrogens is 204 g/mol. The number of hydrogen-bond acceptors (Lipinski definition) is 4. The van der Waals surface area contributed by atoms with Crippen LogP contribution in [0.5, 0.6) is 0 Å². The van der Waals surface area contributed by atoms with Crippen LogP contribution in [0.1, 0.15) is 33.1 Å². The van der Waals surface area contributed by atoms with Crippen LogP contribution in [0, 0.1) is 0 Å². The van der Waals surface area contributed by atoms with Crippen molar-refractivity contribution in [1.29, 1.82) is 0 Å². The average Bonchev–Trinajstić information content (AvgIpc) is 2.46. The summed E-state index contributed by atoms with van der Waals surface area (Å²) in [5.74, 6) is -0.0807. The Morgan fingerprint density at radius 2 is 2.25 bits per heavy atom. The summed E-state index contributed by atoms with van der Waals surface area (Å²) in [7, 11) is 0. The largest absolute Gasteiger partial charge is 0.462 e. The van der Waals surface area contributed by atoms with Gasteiger partial charge < -0.3 is 10.1 Å². The molecule has 1 atom stereocenters. The first-order chi connectivity index (χ1) is 7.72. The van der Waals surface area contributed by atoms with Crippen molar-refractivity contribution in [2.75, 3.05) is 32.7 Å². The third-order valence-corrected chi connectivity index (χ3v) is 2.81. The van der Waals surface area contributed by atoms with Crippen molar-refractivity contribution in [3.05, 3.63) is 0 Å². The van der Waals surface area contributed by atoms with Crippen LogP contribution in [0.3, 0.4) is 0 Å². The van der Waals surface area contributed by atoms with Crippen LogP contribution < -0.4 is 5.32 Å². The molecule has 0 aliphatic carbocycles. The van der Waals surface area contributed by atoms with Gasteiger partial charge in [0.05, 0.1) is 12.6 Å². The van der Waals surface area contributed by atoms with Gasteiger partial charge in [0.15, 0.2) is 0 Å². The standard InChI is InChI=1S/C12H24N2O2/c1-3-5-11(2)16-12(15)10-14-8-4-6-13-7-9-14/h11,13H,3-10H2,1-2H3. The van der Waals surface area contributed by atoms with Crippen LogP contribution in [0.2, 0.25) is 0 Å². The van der Waals surface area contributed by atoms with E-state index in [9.17, 15) is 4.79 Å². The van der Waals surface area contributed by atoms with Crippen molar-refractivity contribution in [1.82, 2.24) is 10.2 Å². The number of carbonyl (C=O) groups excluding carboxylic acids is 1. The molecule has 0 aromatic rings. The van der Waals surface area contributed by atoms with Gasteiger partial charge in [-0.15, -0.1) is 0 Å². The van der Waals surface area contributed by atoms with E-state index < -0.39 is 0 Å². The lowest BCUT2D eigenvalue weighted by Crippen LogP contribution is -2.35. The second-order valence-electron chi connectivity index (χ2n) is 4.47. The summed E-state index contributed by atoms with van der Waals surface area (Å²) in [6, 6.07) is 0. The fourth-order valence-electron chi connectivity index (χ4n) is 1.97. The highest BCUT2D eigenvalue weighted by molar-refractivity contribution is 5.71. The zero-order valence-corrected chi connectivity index (χ0v) is 10.5. The molecule has 1 rings (SSSR count). The van der Waals surface area contributed by atoms with Gasteiger partial charge in [0, 0.05) is 13.1 Å². The fourth-order valence-corrected chi connectivity index (χ4v) is 1.97. The van der Waals surface area contributed by atoms with E-state index in [0.717, 1.165) is 45.4 Å². The van der Waals surface area contributed by atoms with Gasteiger partial charge in [-0.3, -0.25) is 9.69 Å². The molecule has 0 spiro atoms. The minimum atomic E-state index is -0.0807. The van der Waals surface area contributed by atoms with Gasteiger partial charge in [0.2, 0.25) is 0 Å². The summed E-state index contributed by atoms with van der Waals surface area (Å²) in [5, 5.41) is 3.32. The van der Waals surface area contributed by atoms with Crippen molar-refractivity contribution in [2.24, 2.45) is 0 Å². The topological polar surface area (TPSA) is 41.6 Å². The molecule has 0 aromatic carbocycles. The number of nitrogens with one attached hydrogen (secondary N) is 1. The van der Waals surface area contributed by atoms with Crippen LogP contribution in [-0.4, -0.2) is 49.7 Å². The third-order valence-electron chi connectivity index (χ3n) is 2.81. The second-order valence-corrected chi connectivity index (χ2v) is 4.47. The summed E-state index contributed by atoms with van der Waals surface area (Å²) in [5.41, 5.74) is 0. The van der Waals surface area contributed by atoms with Crippen LogP contribution in [0.15, 0.2) is 0 Å². The van der Waals surface area contributed by atoms with E-state index >= 15 is 0 Å². The Balaban J connectivity index is 2.21. The van der Waals surface area contributed by atoms with Gasteiger partial charge in [0.25, 0.3) is 0 Å². The molecule has 1 unspecified atom stereocenters. The molecule has 16 heavy (non-hydrogen) atoms. The number of esters is 1. The Bertz CT molecular complexity index is 201. The number of ether oxygens (including phenoxy) is 1. The van der Waals surface area contributed by atoms with Gasteiger partial charge in [0.1, 0.15) is 0 Å². The number of rotatable bonds is 5.